The van der Waals surface area contributed by atoms with Gasteiger partial charge in [-0.1, -0.05) is 0 Å². The molecule has 1 aliphatic heterocycles. The molecule has 1 fully saturated rings. The Balaban J connectivity index is 2.16. The summed E-state index contributed by atoms with van der Waals surface area (Å²) < 4.78 is 13.3. The number of piperidine rings is 1. The molecule has 1 N–H and O–H groups in total. The molecule has 1 saturated heterocycles. The van der Waals surface area contributed by atoms with Crippen molar-refractivity contribution in [3.05, 3.63) is 35.1 Å². The number of hydrogen-bond acceptors (Lipinski definition) is 2. The zero-order valence-corrected chi connectivity index (χ0v) is 10.7. The standard InChI is InChI=1S/C14H16FNO3/c1-9-5-11(7-12(15)6-9)13(17)16-4-2-3-10(8-16)14(18)19/h5-7,10H,2-4,8H2,1H3,(H,18,19)/t10-/m1/s1. The smallest absolute Gasteiger partial charge is 0.308 e. The molecular formula is C14H16FNO3. The molecule has 1 atom stereocenters. The van der Waals surface area contributed by atoms with Crippen molar-refractivity contribution >= 4 is 11.9 Å². The van der Waals surface area contributed by atoms with Gasteiger partial charge in [-0.3, -0.25) is 9.59 Å². The fraction of sp³-hybridized carbons (Fsp3) is 0.429. The predicted octanol–water partition coefficient (Wildman–Crippen LogP) is 2.07. The van der Waals surface area contributed by atoms with Gasteiger partial charge in [0.15, 0.2) is 0 Å². The molecule has 1 aromatic carbocycles. The zero-order valence-electron chi connectivity index (χ0n) is 10.7. The second-order valence-corrected chi connectivity index (χ2v) is 4.95. The first kappa shape index (κ1) is 13.5. The van der Waals surface area contributed by atoms with Crippen molar-refractivity contribution in [1.82, 2.24) is 4.90 Å². The fourth-order valence-electron chi connectivity index (χ4n) is 2.41. The van der Waals surface area contributed by atoms with Crippen molar-refractivity contribution in [3.63, 3.8) is 0 Å². The molecule has 0 radical (unpaired) electrons. The van der Waals surface area contributed by atoms with Gasteiger partial charge in [-0.15, -0.1) is 0 Å². The minimum atomic E-state index is -0.882. The van der Waals surface area contributed by atoms with E-state index >= 15 is 0 Å². The minimum Gasteiger partial charge on any atom is -0.481 e. The van der Waals surface area contributed by atoms with Gasteiger partial charge in [0.05, 0.1) is 5.92 Å². The number of aryl methyl sites for hydroxylation is 1. The summed E-state index contributed by atoms with van der Waals surface area (Å²) in [6.45, 7) is 2.44. The molecular weight excluding hydrogens is 249 g/mol. The highest BCUT2D eigenvalue weighted by Gasteiger charge is 2.28. The Labute approximate surface area is 110 Å². The highest BCUT2D eigenvalue weighted by Crippen LogP contribution is 2.19. The Bertz CT molecular complexity index is 495. The van der Waals surface area contributed by atoms with Crippen LogP contribution in [0.1, 0.15) is 28.8 Å². The van der Waals surface area contributed by atoms with Crippen LogP contribution in [0.25, 0.3) is 0 Å². The van der Waals surface area contributed by atoms with E-state index in [1.807, 2.05) is 0 Å². The topological polar surface area (TPSA) is 57.6 Å². The van der Waals surface area contributed by atoms with Crippen molar-refractivity contribution in [2.45, 2.75) is 19.8 Å². The van der Waals surface area contributed by atoms with Crippen LogP contribution in [-0.2, 0) is 4.79 Å². The Morgan fingerprint density at radius 2 is 2.11 bits per heavy atom. The van der Waals surface area contributed by atoms with Crippen LogP contribution in [0.4, 0.5) is 4.39 Å². The number of rotatable bonds is 2. The average molecular weight is 265 g/mol. The molecule has 0 aromatic heterocycles. The van der Waals surface area contributed by atoms with Gasteiger partial charge in [-0.05, 0) is 43.5 Å². The molecule has 19 heavy (non-hydrogen) atoms. The molecule has 0 spiro atoms. The summed E-state index contributed by atoms with van der Waals surface area (Å²) in [4.78, 5) is 24.7. The van der Waals surface area contributed by atoms with Crippen LogP contribution in [0.5, 0.6) is 0 Å². The van der Waals surface area contributed by atoms with Crippen molar-refractivity contribution in [3.8, 4) is 0 Å². The molecule has 0 bridgehead atoms. The SMILES string of the molecule is Cc1cc(F)cc(C(=O)N2CCC[C@@H](C(=O)O)C2)c1. The third-order valence-electron chi connectivity index (χ3n) is 3.35. The maximum atomic E-state index is 13.3. The zero-order chi connectivity index (χ0) is 14.0. The second kappa shape index (κ2) is 5.38. The van der Waals surface area contributed by atoms with E-state index in [-0.39, 0.29) is 18.0 Å². The van der Waals surface area contributed by atoms with Crippen LogP contribution in [0.2, 0.25) is 0 Å². The minimum absolute atomic E-state index is 0.198. The lowest BCUT2D eigenvalue weighted by Gasteiger charge is -2.30. The number of halogens is 1. The maximum Gasteiger partial charge on any atom is 0.308 e. The third kappa shape index (κ3) is 3.10. The molecule has 0 unspecified atom stereocenters. The molecule has 102 valence electrons. The van der Waals surface area contributed by atoms with E-state index in [2.05, 4.69) is 0 Å². The van der Waals surface area contributed by atoms with Crippen LogP contribution in [0.15, 0.2) is 18.2 Å². The van der Waals surface area contributed by atoms with Gasteiger partial charge in [0.1, 0.15) is 5.82 Å². The van der Waals surface area contributed by atoms with Gasteiger partial charge < -0.3 is 10.0 Å². The lowest BCUT2D eigenvalue weighted by molar-refractivity contribution is -0.143. The maximum absolute atomic E-state index is 13.3. The first-order valence-electron chi connectivity index (χ1n) is 6.26. The Hall–Kier alpha value is -1.91. The number of carbonyl (C=O) groups is 2. The third-order valence-corrected chi connectivity index (χ3v) is 3.35. The number of aliphatic carboxylic acids is 1. The first-order valence-corrected chi connectivity index (χ1v) is 6.26. The van der Waals surface area contributed by atoms with Gasteiger partial charge in [-0.2, -0.15) is 0 Å². The van der Waals surface area contributed by atoms with Gasteiger partial charge >= 0.3 is 5.97 Å². The summed E-state index contributed by atoms with van der Waals surface area (Å²) in [5.74, 6) is -2.15. The number of benzene rings is 1. The molecule has 1 heterocycles. The van der Waals surface area contributed by atoms with E-state index < -0.39 is 17.7 Å². The summed E-state index contributed by atoms with van der Waals surface area (Å²) in [5, 5.41) is 9.00. The highest BCUT2D eigenvalue weighted by molar-refractivity contribution is 5.94. The highest BCUT2D eigenvalue weighted by atomic mass is 19.1. The predicted molar refractivity (Wildman–Crippen MR) is 67.4 cm³/mol. The Kier molecular flexibility index (Phi) is 3.83. The van der Waals surface area contributed by atoms with Gasteiger partial charge in [0.25, 0.3) is 5.91 Å². The monoisotopic (exact) mass is 265 g/mol. The molecule has 1 aliphatic rings. The number of nitrogens with zero attached hydrogens (tertiary/aromatic N) is 1. The summed E-state index contributed by atoms with van der Waals surface area (Å²) >= 11 is 0. The van der Waals surface area contributed by atoms with Gasteiger partial charge in [0, 0.05) is 18.7 Å². The van der Waals surface area contributed by atoms with E-state index in [0.29, 0.717) is 24.9 Å². The molecule has 1 aromatic rings. The number of carbonyl (C=O) groups excluding carboxylic acids is 1. The average Bonchev–Trinajstić information content (AvgIpc) is 2.37. The molecule has 0 saturated carbocycles. The van der Waals surface area contributed by atoms with E-state index in [9.17, 15) is 14.0 Å². The summed E-state index contributed by atoms with van der Waals surface area (Å²) in [6, 6.07) is 4.17. The molecule has 1 amide bonds. The molecule has 2 rings (SSSR count). The van der Waals surface area contributed by atoms with Crippen molar-refractivity contribution in [1.29, 1.82) is 0 Å². The molecule has 0 aliphatic carbocycles. The Morgan fingerprint density at radius 1 is 1.37 bits per heavy atom. The largest absolute Gasteiger partial charge is 0.481 e. The summed E-state index contributed by atoms with van der Waals surface area (Å²) in [7, 11) is 0. The molecule has 4 nitrogen and oxygen atoms in total. The second-order valence-electron chi connectivity index (χ2n) is 4.95. The first-order chi connectivity index (χ1) is 8.97. The van der Waals surface area contributed by atoms with Gasteiger partial charge in [-0.25, -0.2) is 4.39 Å². The number of carboxylic acid groups (broad SMARTS) is 1. The lowest BCUT2D eigenvalue weighted by Crippen LogP contribution is -2.42. The quantitative estimate of drug-likeness (QED) is 0.890. The number of amides is 1. The van der Waals surface area contributed by atoms with Crippen molar-refractivity contribution in [2.75, 3.05) is 13.1 Å². The van der Waals surface area contributed by atoms with Crippen LogP contribution < -0.4 is 0 Å². The summed E-state index contributed by atoms with van der Waals surface area (Å²) in [5.41, 5.74) is 0.957. The number of carboxylic acids is 1. The van der Waals surface area contributed by atoms with E-state index in [4.69, 9.17) is 5.11 Å². The van der Waals surface area contributed by atoms with Crippen LogP contribution in [-0.4, -0.2) is 35.0 Å². The van der Waals surface area contributed by atoms with E-state index in [0.717, 1.165) is 0 Å². The molecule has 5 heteroatoms. The van der Waals surface area contributed by atoms with Gasteiger partial charge in [0.2, 0.25) is 0 Å². The fourth-order valence-corrected chi connectivity index (χ4v) is 2.41. The lowest BCUT2D eigenvalue weighted by atomic mass is 9.97. The number of hydrogen-bond donors (Lipinski definition) is 1. The van der Waals surface area contributed by atoms with E-state index in [1.54, 1.807) is 13.0 Å². The van der Waals surface area contributed by atoms with Crippen molar-refractivity contribution in [2.24, 2.45) is 5.92 Å². The van der Waals surface area contributed by atoms with E-state index in [1.165, 1.54) is 17.0 Å². The van der Waals surface area contributed by atoms with Crippen LogP contribution >= 0.6 is 0 Å². The number of likely N-dealkylation sites (tertiary alicyclic amines) is 1. The van der Waals surface area contributed by atoms with Crippen LogP contribution in [0, 0.1) is 18.7 Å². The Morgan fingerprint density at radius 3 is 2.74 bits per heavy atom. The normalized spacial score (nSPS) is 19.3. The summed E-state index contributed by atoms with van der Waals surface area (Å²) in [6.07, 6.45) is 1.25. The van der Waals surface area contributed by atoms with Crippen molar-refractivity contribution < 1.29 is 19.1 Å². The van der Waals surface area contributed by atoms with Crippen LogP contribution in [0.3, 0.4) is 0 Å².